The fraction of sp³-hybridized carbons (Fsp3) is 0.185. The predicted octanol–water partition coefficient (Wildman–Crippen LogP) is 3.45. The molecular weight excluding hydrogens is 484 g/mol. The van der Waals surface area contributed by atoms with Gasteiger partial charge >= 0.3 is 11.9 Å². The fourth-order valence-corrected chi connectivity index (χ4v) is 3.97. The van der Waals surface area contributed by atoms with Gasteiger partial charge in [0.2, 0.25) is 6.10 Å². The van der Waals surface area contributed by atoms with Gasteiger partial charge in [-0.3, -0.25) is 0 Å². The smallest absolute Gasteiger partial charge is 0.347 e. The summed E-state index contributed by atoms with van der Waals surface area (Å²) in [7, 11) is 1.15. The second-order valence-corrected chi connectivity index (χ2v) is 8.34. The van der Waals surface area contributed by atoms with Crippen molar-refractivity contribution in [1.82, 2.24) is 0 Å². The average Bonchev–Trinajstić information content (AvgIpc) is 3.05. The van der Waals surface area contributed by atoms with Crippen LogP contribution >= 0.6 is 0 Å². The zero-order chi connectivity index (χ0) is 26.7. The largest absolute Gasteiger partial charge is 0.504 e. The molecule has 0 unspecified atom stereocenters. The van der Waals surface area contributed by atoms with Crippen molar-refractivity contribution in [2.45, 2.75) is 25.4 Å². The predicted molar refractivity (Wildman–Crippen MR) is 130 cm³/mol. The monoisotopic (exact) mass is 508 g/mol. The molecule has 0 aliphatic carbocycles. The van der Waals surface area contributed by atoms with Gasteiger partial charge in [0, 0.05) is 24.1 Å². The summed E-state index contributed by atoms with van der Waals surface area (Å²) in [4.78, 5) is 24.8. The van der Waals surface area contributed by atoms with E-state index in [2.05, 4.69) is 0 Å². The van der Waals surface area contributed by atoms with Gasteiger partial charge in [0.15, 0.2) is 34.5 Å². The minimum atomic E-state index is -1.30. The summed E-state index contributed by atoms with van der Waals surface area (Å²) >= 11 is 0. The fourth-order valence-electron chi connectivity index (χ4n) is 3.97. The molecule has 1 aliphatic rings. The number of ether oxygens (including phenoxy) is 3. The second kappa shape index (κ2) is 10.4. The molecule has 1 heterocycles. The third kappa shape index (κ3) is 5.53. The van der Waals surface area contributed by atoms with Gasteiger partial charge in [-0.1, -0.05) is 12.1 Å². The first kappa shape index (κ1) is 25.2. The van der Waals surface area contributed by atoms with Crippen LogP contribution in [0.25, 0.3) is 6.08 Å². The van der Waals surface area contributed by atoms with Crippen LogP contribution in [-0.2, 0) is 38.3 Å². The van der Waals surface area contributed by atoms with Crippen LogP contribution in [0.1, 0.15) is 22.3 Å². The number of aromatic hydroxyl groups is 5. The van der Waals surface area contributed by atoms with Gasteiger partial charge in [-0.15, -0.1) is 0 Å². The molecule has 1 atom stereocenters. The Morgan fingerprint density at radius 3 is 2.35 bits per heavy atom. The van der Waals surface area contributed by atoms with E-state index in [-0.39, 0.29) is 46.7 Å². The maximum absolute atomic E-state index is 12.6. The lowest BCUT2D eigenvalue weighted by Gasteiger charge is -2.15. The van der Waals surface area contributed by atoms with Gasteiger partial charge in [0.25, 0.3) is 0 Å². The molecule has 0 radical (unpaired) electrons. The summed E-state index contributed by atoms with van der Waals surface area (Å²) in [5, 5.41) is 49.2. The Kier molecular flexibility index (Phi) is 7.10. The molecule has 5 N–H and O–H groups in total. The molecule has 3 aromatic carbocycles. The zero-order valence-electron chi connectivity index (χ0n) is 19.7. The van der Waals surface area contributed by atoms with Crippen molar-refractivity contribution in [3.05, 3.63) is 70.8 Å². The second-order valence-electron chi connectivity index (χ2n) is 8.34. The molecule has 10 nitrogen and oxygen atoms in total. The number of carbonyl (C=O) groups is 2. The van der Waals surface area contributed by atoms with Crippen molar-refractivity contribution in [3.8, 4) is 40.2 Å². The van der Waals surface area contributed by atoms with Gasteiger partial charge in [-0.2, -0.15) is 0 Å². The van der Waals surface area contributed by atoms with Crippen LogP contribution in [0.3, 0.4) is 0 Å². The van der Waals surface area contributed by atoms with Crippen LogP contribution in [0.15, 0.2) is 48.5 Å². The van der Waals surface area contributed by atoms with E-state index in [0.717, 1.165) is 13.2 Å². The molecule has 0 spiro atoms. The van der Waals surface area contributed by atoms with Crippen LogP contribution in [-0.4, -0.2) is 50.7 Å². The number of rotatable bonds is 6. The Morgan fingerprint density at radius 2 is 1.62 bits per heavy atom. The third-order valence-electron chi connectivity index (χ3n) is 5.87. The van der Waals surface area contributed by atoms with Crippen molar-refractivity contribution >= 4 is 18.0 Å². The number of methoxy groups -OCH3 is 1. The minimum Gasteiger partial charge on any atom is -0.504 e. The Bertz CT molecular complexity index is 1390. The summed E-state index contributed by atoms with van der Waals surface area (Å²) in [6, 6.07) is 9.60. The molecule has 0 fully saturated rings. The number of aryl methyl sites for hydroxylation is 1. The molecule has 0 aromatic heterocycles. The summed E-state index contributed by atoms with van der Waals surface area (Å²) in [5.74, 6) is -2.70. The summed E-state index contributed by atoms with van der Waals surface area (Å²) in [6.07, 6.45) is 1.99. The van der Waals surface area contributed by atoms with Crippen LogP contribution < -0.4 is 4.74 Å². The number of hydrogen-bond acceptors (Lipinski definition) is 10. The van der Waals surface area contributed by atoms with Gasteiger partial charge in [-0.25, -0.2) is 9.59 Å². The zero-order valence-corrected chi connectivity index (χ0v) is 19.7. The highest BCUT2D eigenvalue weighted by molar-refractivity contribution is 5.90. The molecule has 3 aromatic rings. The third-order valence-corrected chi connectivity index (χ3v) is 5.87. The van der Waals surface area contributed by atoms with Crippen molar-refractivity contribution in [3.63, 3.8) is 0 Å². The van der Waals surface area contributed by atoms with E-state index in [0.29, 0.717) is 35.1 Å². The Balaban J connectivity index is 1.54. The standard InChI is InChI=1S/C27H24O10/c1-35-27(34)24(11-14-2-7-18(28)20(30)10-14)36-25(33)9-5-15-4-8-19(29)26-17(15)6-3-16-12-21(31)22(32)13-23(16)37-26/h2,4-5,7-10,12-13,24,28-32H,3,6,11H2,1H3/b9-5+/t24-/m1/s1. The minimum absolute atomic E-state index is 0.0967. The lowest BCUT2D eigenvalue weighted by Crippen LogP contribution is -2.30. The molecule has 0 bridgehead atoms. The van der Waals surface area contributed by atoms with E-state index in [1.54, 1.807) is 6.07 Å². The van der Waals surface area contributed by atoms with Gasteiger partial charge in [0.05, 0.1) is 7.11 Å². The van der Waals surface area contributed by atoms with Crippen molar-refractivity contribution in [2.75, 3.05) is 7.11 Å². The number of hydrogen-bond donors (Lipinski definition) is 5. The number of benzene rings is 3. The Labute approximate surface area is 211 Å². The number of fused-ring (bicyclic) bond motifs is 2. The molecule has 192 valence electrons. The summed E-state index contributed by atoms with van der Waals surface area (Å²) < 4.78 is 15.8. The maximum atomic E-state index is 12.6. The van der Waals surface area contributed by atoms with Crippen LogP contribution in [0.5, 0.6) is 40.2 Å². The lowest BCUT2D eigenvalue weighted by atomic mass is 9.98. The van der Waals surface area contributed by atoms with Crippen LogP contribution in [0.2, 0.25) is 0 Å². The first-order valence-corrected chi connectivity index (χ1v) is 11.2. The maximum Gasteiger partial charge on any atom is 0.347 e. The number of carbonyl (C=O) groups excluding carboxylic acids is 2. The van der Waals surface area contributed by atoms with Crippen LogP contribution in [0.4, 0.5) is 0 Å². The molecule has 0 amide bonds. The van der Waals surface area contributed by atoms with Gasteiger partial charge in [-0.05, 0) is 59.9 Å². The van der Waals surface area contributed by atoms with E-state index in [9.17, 15) is 35.1 Å². The van der Waals surface area contributed by atoms with E-state index in [1.807, 2.05) is 0 Å². The molecule has 0 saturated carbocycles. The molecule has 37 heavy (non-hydrogen) atoms. The number of phenolic OH excluding ortho intramolecular Hbond substituents is 5. The van der Waals surface area contributed by atoms with Gasteiger partial charge in [0.1, 0.15) is 5.75 Å². The summed E-state index contributed by atoms with van der Waals surface area (Å²) in [6.45, 7) is 0. The van der Waals surface area contributed by atoms with Crippen molar-refractivity contribution < 1.29 is 49.3 Å². The topological polar surface area (TPSA) is 163 Å². The lowest BCUT2D eigenvalue weighted by molar-refractivity contribution is -0.162. The van der Waals surface area contributed by atoms with E-state index < -0.39 is 18.0 Å². The number of phenols is 5. The molecule has 10 heteroatoms. The Morgan fingerprint density at radius 1 is 0.919 bits per heavy atom. The van der Waals surface area contributed by atoms with Crippen molar-refractivity contribution in [1.29, 1.82) is 0 Å². The Hall–Kier alpha value is -4.86. The number of esters is 2. The SMILES string of the molecule is COC(=O)[C@@H](Cc1ccc(O)c(O)c1)OC(=O)/C=C/c1ccc(O)c2c1CCc1cc(O)c(O)cc1O2. The van der Waals surface area contributed by atoms with E-state index in [1.165, 1.54) is 42.5 Å². The van der Waals surface area contributed by atoms with Crippen molar-refractivity contribution in [2.24, 2.45) is 0 Å². The molecular formula is C27H24O10. The normalized spacial score (nSPS) is 13.1. The van der Waals surface area contributed by atoms with Crippen LogP contribution in [0, 0.1) is 0 Å². The first-order valence-electron chi connectivity index (χ1n) is 11.2. The van der Waals surface area contributed by atoms with E-state index in [4.69, 9.17) is 14.2 Å². The highest BCUT2D eigenvalue weighted by Crippen LogP contribution is 2.44. The molecule has 1 aliphatic heterocycles. The highest BCUT2D eigenvalue weighted by atomic mass is 16.6. The quantitative estimate of drug-likeness (QED) is 0.189. The first-order chi connectivity index (χ1) is 17.7. The average molecular weight is 508 g/mol. The summed E-state index contributed by atoms with van der Waals surface area (Å²) in [5.41, 5.74) is 2.19. The van der Waals surface area contributed by atoms with Gasteiger partial charge < -0.3 is 39.7 Å². The molecule has 0 saturated heterocycles. The molecule has 4 rings (SSSR count). The highest BCUT2D eigenvalue weighted by Gasteiger charge is 2.25. The van der Waals surface area contributed by atoms with E-state index >= 15 is 0 Å².